The average molecular weight is 396 g/mol. The SMILES string of the molecule is Cc1cccc(C)c1Nc1ccc(NC(=O)c2cccc(Br)c2)cn1. The third-order valence-electron chi connectivity index (χ3n) is 3.84. The summed E-state index contributed by atoms with van der Waals surface area (Å²) >= 11 is 3.37. The highest BCUT2D eigenvalue weighted by molar-refractivity contribution is 9.10. The molecule has 1 amide bonds. The molecule has 2 aromatic carbocycles. The van der Waals surface area contributed by atoms with Crippen LogP contribution in [0.4, 0.5) is 17.2 Å². The zero-order chi connectivity index (χ0) is 17.8. The van der Waals surface area contributed by atoms with Gasteiger partial charge in [-0.1, -0.05) is 40.2 Å². The van der Waals surface area contributed by atoms with Crippen molar-refractivity contribution >= 4 is 39.0 Å². The van der Waals surface area contributed by atoms with E-state index in [2.05, 4.69) is 57.5 Å². The number of carbonyl (C=O) groups is 1. The Morgan fingerprint density at radius 2 is 1.72 bits per heavy atom. The van der Waals surface area contributed by atoms with E-state index >= 15 is 0 Å². The Hall–Kier alpha value is -2.66. The second-order valence-corrected chi connectivity index (χ2v) is 6.70. The molecule has 0 aliphatic carbocycles. The summed E-state index contributed by atoms with van der Waals surface area (Å²) in [5.74, 6) is 0.566. The van der Waals surface area contributed by atoms with Crippen LogP contribution in [0.3, 0.4) is 0 Å². The summed E-state index contributed by atoms with van der Waals surface area (Å²) in [4.78, 5) is 16.6. The van der Waals surface area contributed by atoms with Gasteiger partial charge in [-0.2, -0.15) is 0 Å². The molecule has 0 fully saturated rings. The zero-order valence-corrected chi connectivity index (χ0v) is 15.6. The van der Waals surface area contributed by atoms with Crippen molar-refractivity contribution < 1.29 is 4.79 Å². The summed E-state index contributed by atoms with van der Waals surface area (Å²) in [5.41, 5.74) is 4.62. The van der Waals surface area contributed by atoms with E-state index in [4.69, 9.17) is 0 Å². The molecular formula is C20H18BrN3O. The maximum absolute atomic E-state index is 12.3. The van der Waals surface area contributed by atoms with E-state index in [0.29, 0.717) is 11.3 Å². The summed E-state index contributed by atoms with van der Waals surface area (Å²) < 4.78 is 0.867. The van der Waals surface area contributed by atoms with Gasteiger partial charge in [0.05, 0.1) is 11.9 Å². The first-order chi connectivity index (χ1) is 12.0. The Balaban J connectivity index is 1.71. The minimum Gasteiger partial charge on any atom is -0.340 e. The zero-order valence-electron chi connectivity index (χ0n) is 14.0. The van der Waals surface area contributed by atoms with Crippen molar-refractivity contribution in [2.24, 2.45) is 0 Å². The van der Waals surface area contributed by atoms with E-state index in [0.717, 1.165) is 27.1 Å². The van der Waals surface area contributed by atoms with Crippen LogP contribution in [-0.4, -0.2) is 10.9 Å². The number of hydrogen-bond acceptors (Lipinski definition) is 3. The molecular weight excluding hydrogens is 378 g/mol. The number of hydrogen-bond donors (Lipinski definition) is 2. The molecule has 0 aliphatic rings. The van der Waals surface area contributed by atoms with Crippen molar-refractivity contribution in [2.75, 3.05) is 10.6 Å². The number of rotatable bonds is 4. The van der Waals surface area contributed by atoms with E-state index in [1.807, 2.05) is 30.3 Å². The fraction of sp³-hybridized carbons (Fsp3) is 0.100. The fourth-order valence-electron chi connectivity index (χ4n) is 2.51. The normalized spacial score (nSPS) is 10.4. The smallest absolute Gasteiger partial charge is 0.255 e. The number of nitrogens with zero attached hydrogens (tertiary/aromatic N) is 1. The predicted molar refractivity (Wildman–Crippen MR) is 106 cm³/mol. The molecule has 4 nitrogen and oxygen atoms in total. The second-order valence-electron chi connectivity index (χ2n) is 5.79. The molecule has 1 aromatic heterocycles. The Bertz CT molecular complexity index is 887. The number of anilines is 3. The predicted octanol–water partition coefficient (Wildman–Crippen LogP) is 5.46. The largest absolute Gasteiger partial charge is 0.340 e. The molecule has 0 saturated heterocycles. The number of para-hydroxylation sites is 1. The number of pyridine rings is 1. The van der Waals surface area contributed by atoms with Crippen molar-refractivity contribution in [1.82, 2.24) is 4.98 Å². The van der Waals surface area contributed by atoms with Crippen LogP contribution in [0.1, 0.15) is 21.5 Å². The number of amides is 1. The highest BCUT2D eigenvalue weighted by atomic mass is 79.9. The summed E-state index contributed by atoms with van der Waals surface area (Å²) in [6, 6.07) is 17.1. The van der Waals surface area contributed by atoms with Crippen LogP contribution < -0.4 is 10.6 Å². The molecule has 0 aliphatic heterocycles. The van der Waals surface area contributed by atoms with Crippen LogP contribution >= 0.6 is 15.9 Å². The third-order valence-corrected chi connectivity index (χ3v) is 4.34. The van der Waals surface area contributed by atoms with Gasteiger partial charge in [0.25, 0.3) is 5.91 Å². The lowest BCUT2D eigenvalue weighted by Crippen LogP contribution is -2.12. The van der Waals surface area contributed by atoms with Crippen molar-refractivity contribution in [1.29, 1.82) is 0 Å². The topological polar surface area (TPSA) is 54.0 Å². The summed E-state index contributed by atoms with van der Waals surface area (Å²) in [6.07, 6.45) is 1.64. The van der Waals surface area contributed by atoms with Crippen LogP contribution in [0.15, 0.2) is 65.3 Å². The van der Waals surface area contributed by atoms with Crippen LogP contribution in [0.25, 0.3) is 0 Å². The molecule has 0 radical (unpaired) electrons. The molecule has 0 bridgehead atoms. The van der Waals surface area contributed by atoms with Crippen LogP contribution in [0.2, 0.25) is 0 Å². The van der Waals surface area contributed by atoms with Gasteiger partial charge in [0.1, 0.15) is 5.82 Å². The summed E-state index contributed by atoms with van der Waals surface area (Å²) in [5, 5.41) is 6.18. The number of halogens is 1. The monoisotopic (exact) mass is 395 g/mol. The Kier molecular flexibility index (Phi) is 5.14. The van der Waals surface area contributed by atoms with Gasteiger partial charge in [-0.05, 0) is 55.3 Å². The van der Waals surface area contributed by atoms with Crippen molar-refractivity contribution in [3.63, 3.8) is 0 Å². The minimum absolute atomic E-state index is 0.168. The molecule has 5 heteroatoms. The lowest BCUT2D eigenvalue weighted by molar-refractivity contribution is 0.102. The summed E-state index contributed by atoms with van der Waals surface area (Å²) in [7, 11) is 0. The Morgan fingerprint density at radius 1 is 1.00 bits per heavy atom. The quantitative estimate of drug-likeness (QED) is 0.616. The highest BCUT2D eigenvalue weighted by Crippen LogP contribution is 2.24. The van der Waals surface area contributed by atoms with Crippen molar-refractivity contribution in [2.45, 2.75) is 13.8 Å². The number of carbonyl (C=O) groups excluding carboxylic acids is 1. The second kappa shape index (κ2) is 7.49. The van der Waals surface area contributed by atoms with Gasteiger partial charge in [0, 0.05) is 15.7 Å². The molecule has 3 rings (SSSR count). The van der Waals surface area contributed by atoms with Gasteiger partial charge >= 0.3 is 0 Å². The van der Waals surface area contributed by atoms with E-state index in [9.17, 15) is 4.79 Å². The van der Waals surface area contributed by atoms with E-state index in [-0.39, 0.29) is 5.91 Å². The standard InChI is InChI=1S/C20H18BrN3O/c1-13-5-3-6-14(2)19(13)24-18-10-9-17(12-22-18)23-20(25)15-7-4-8-16(21)11-15/h3-12H,1-2H3,(H,22,24)(H,23,25). The number of benzene rings is 2. The maximum atomic E-state index is 12.3. The lowest BCUT2D eigenvalue weighted by atomic mass is 10.1. The van der Waals surface area contributed by atoms with Gasteiger partial charge < -0.3 is 10.6 Å². The molecule has 0 saturated carbocycles. The molecule has 2 N–H and O–H groups in total. The van der Waals surface area contributed by atoms with Crippen molar-refractivity contribution in [3.05, 3.63) is 82.0 Å². The number of aryl methyl sites for hydroxylation is 2. The van der Waals surface area contributed by atoms with Gasteiger partial charge in [-0.25, -0.2) is 4.98 Å². The first-order valence-electron chi connectivity index (χ1n) is 7.89. The van der Waals surface area contributed by atoms with Crippen LogP contribution in [0, 0.1) is 13.8 Å². The Morgan fingerprint density at radius 3 is 2.36 bits per heavy atom. The minimum atomic E-state index is -0.168. The van der Waals surface area contributed by atoms with E-state index in [1.165, 1.54) is 0 Å². The third kappa shape index (κ3) is 4.25. The van der Waals surface area contributed by atoms with E-state index < -0.39 is 0 Å². The number of aromatic nitrogens is 1. The summed E-state index contributed by atoms with van der Waals surface area (Å²) in [6.45, 7) is 4.11. The van der Waals surface area contributed by atoms with E-state index in [1.54, 1.807) is 18.3 Å². The molecule has 0 atom stereocenters. The first-order valence-corrected chi connectivity index (χ1v) is 8.68. The number of nitrogens with one attached hydrogen (secondary N) is 2. The Labute approximate surface area is 155 Å². The molecule has 1 heterocycles. The van der Waals surface area contributed by atoms with Gasteiger partial charge in [-0.15, -0.1) is 0 Å². The maximum Gasteiger partial charge on any atom is 0.255 e. The molecule has 0 spiro atoms. The van der Waals surface area contributed by atoms with Gasteiger partial charge in [0.15, 0.2) is 0 Å². The lowest BCUT2D eigenvalue weighted by Gasteiger charge is -2.12. The first kappa shape index (κ1) is 17.2. The average Bonchev–Trinajstić information content (AvgIpc) is 2.60. The van der Waals surface area contributed by atoms with Crippen molar-refractivity contribution in [3.8, 4) is 0 Å². The van der Waals surface area contributed by atoms with Crippen LogP contribution in [0.5, 0.6) is 0 Å². The van der Waals surface area contributed by atoms with Gasteiger partial charge in [-0.3, -0.25) is 4.79 Å². The van der Waals surface area contributed by atoms with Gasteiger partial charge in [0.2, 0.25) is 0 Å². The molecule has 0 unspecified atom stereocenters. The highest BCUT2D eigenvalue weighted by Gasteiger charge is 2.07. The molecule has 25 heavy (non-hydrogen) atoms. The fourth-order valence-corrected chi connectivity index (χ4v) is 2.91. The molecule has 3 aromatic rings. The molecule has 126 valence electrons. The van der Waals surface area contributed by atoms with Crippen LogP contribution in [-0.2, 0) is 0 Å².